The van der Waals surface area contributed by atoms with Gasteiger partial charge in [-0.3, -0.25) is 0 Å². The highest BCUT2D eigenvalue weighted by Crippen LogP contribution is 2.22. The summed E-state index contributed by atoms with van der Waals surface area (Å²) in [5.74, 6) is 0.909. The lowest BCUT2D eigenvalue weighted by atomic mass is 10.1. The van der Waals surface area contributed by atoms with Gasteiger partial charge in [0.05, 0.1) is 0 Å². The summed E-state index contributed by atoms with van der Waals surface area (Å²) in [6.07, 6.45) is 4.02. The van der Waals surface area contributed by atoms with Gasteiger partial charge in [-0.2, -0.15) is 0 Å². The van der Waals surface area contributed by atoms with Crippen LogP contribution in [-0.4, -0.2) is 37.1 Å². The van der Waals surface area contributed by atoms with Crippen LogP contribution in [0.25, 0.3) is 0 Å². The Hall–Kier alpha value is -0.0800. The molecule has 0 aromatic heterocycles. The second kappa shape index (κ2) is 5.72. The summed E-state index contributed by atoms with van der Waals surface area (Å²) >= 11 is 0. The molecule has 1 rings (SSSR count). The Kier molecular flexibility index (Phi) is 4.90. The van der Waals surface area contributed by atoms with E-state index in [1.165, 1.54) is 32.4 Å². The molecular weight excluding hydrogens is 172 g/mol. The van der Waals surface area contributed by atoms with Crippen molar-refractivity contribution in [3.63, 3.8) is 0 Å². The van der Waals surface area contributed by atoms with Gasteiger partial charge in [-0.25, -0.2) is 0 Å². The van der Waals surface area contributed by atoms with Gasteiger partial charge in [-0.15, -0.1) is 0 Å². The number of hydrogen-bond acceptors (Lipinski definition) is 2. The molecule has 1 saturated heterocycles. The van der Waals surface area contributed by atoms with E-state index in [9.17, 15) is 0 Å². The molecule has 0 saturated carbocycles. The SMILES string of the molecule is CNC(C)CCCN1CC(C)CC1C. The molecule has 1 aliphatic heterocycles. The molecule has 0 radical (unpaired) electrons. The van der Waals surface area contributed by atoms with Crippen LogP contribution in [0.5, 0.6) is 0 Å². The first-order valence-corrected chi connectivity index (χ1v) is 6.04. The van der Waals surface area contributed by atoms with E-state index >= 15 is 0 Å². The van der Waals surface area contributed by atoms with Gasteiger partial charge in [-0.05, 0) is 52.6 Å². The molecule has 3 unspecified atom stereocenters. The highest BCUT2D eigenvalue weighted by atomic mass is 15.2. The van der Waals surface area contributed by atoms with Crippen LogP contribution in [0.15, 0.2) is 0 Å². The molecule has 1 fully saturated rings. The molecule has 0 aliphatic carbocycles. The Balaban J connectivity index is 2.12. The molecule has 2 heteroatoms. The normalized spacial score (nSPS) is 30.9. The lowest BCUT2D eigenvalue weighted by molar-refractivity contribution is 0.256. The molecule has 84 valence electrons. The zero-order valence-corrected chi connectivity index (χ0v) is 10.2. The van der Waals surface area contributed by atoms with Gasteiger partial charge in [0.2, 0.25) is 0 Å². The second-order valence-electron chi connectivity index (χ2n) is 5.02. The van der Waals surface area contributed by atoms with E-state index in [1.54, 1.807) is 0 Å². The highest BCUT2D eigenvalue weighted by molar-refractivity contribution is 4.79. The van der Waals surface area contributed by atoms with Crippen LogP contribution in [0.3, 0.4) is 0 Å². The Morgan fingerprint density at radius 2 is 2.14 bits per heavy atom. The minimum Gasteiger partial charge on any atom is -0.317 e. The van der Waals surface area contributed by atoms with Crippen molar-refractivity contribution in [1.29, 1.82) is 0 Å². The zero-order chi connectivity index (χ0) is 10.6. The van der Waals surface area contributed by atoms with Crippen molar-refractivity contribution in [3.05, 3.63) is 0 Å². The zero-order valence-electron chi connectivity index (χ0n) is 10.2. The molecule has 1 N–H and O–H groups in total. The lowest BCUT2D eigenvalue weighted by Crippen LogP contribution is -2.30. The molecule has 0 aromatic carbocycles. The van der Waals surface area contributed by atoms with Gasteiger partial charge >= 0.3 is 0 Å². The maximum atomic E-state index is 3.29. The van der Waals surface area contributed by atoms with Crippen LogP contribution in [-0.2, 0) is 0 Å². The summed E-state index contributed by atoms with van der Waals surface area (Å²) in [6, 6.07) is 1.49. The van der Waals surface area contributed by atoms with E-state index < -0.39 is 0 Å². The number of hydrogen-bond donors (Lipinski definition) is 1. The van der Waals surface area contributed by atoms with Crippen LogP contribution in [0.2, 0.25) is 0 Å². The molecule has 0 spiro atoms. The molecule has 1 heterocycles. The van der Waals surface area contributed by atoms with Gasteiger partial charge in [0, 0.05) is 18.6 Å². The van der Waals surface area contributed by atoms with Gasteiger partial charge < -0.3 is 10.2 Å². The predicted octanol–water partition coefficient (Wildman–Crippen LogP) is 2.10. The standard InChI is InChI=1S/C12H26N2/c1-10-8-12(3)14(9-10)7-5-6-11(2)13-4/h10-13H,5-9H2,1-4H3. The Bertz CT molecular complexity index is 158. The Labute approximate surface area is 89.1 Å². The second-order valence-corrected chi connectivity index (χ2v) is 5.02. The summed E-state index contributed by atoms with van der Waals surface area (Å²) in [5.41, 5.74) is 0. The van der Waals surface area contributed by atoms with E-state index in [0.29, 0.717) is 6.04 Å². The molecule has 2 nitrogen and oxygen atoms in total. The van der Waals surface area contributed by atoms with E-state index in [2.05, 4.69) is 31.0 Å². The molecule has 1 aliphatic rings. The van der Waals surface area contributed by atoms with Crippen molar-refractivity contribution in [3.8, 4) is 0 Å². The van der Waals surface area contributed by atoms with E-state index in [-0.39, 0.29) is 0 Å². The third-order valence-corrected chi connectivity index (χ3v) is 3.49. The first-order chi connectivity index (χ1) is 6.63. The van der Waals surface area contributed by atoms with Gasteiger partial charge in [-0.1, -0.05) is 6.92 Å². The van der Waals surface area contributed by atoms with Crippen LogP contribution in [0, 0.1) is 5.92 Å². The molecule has 3 atom stereocenters. The van der Waals surface area contributed by atoms with Crippen molar-refractivity contribution in [2.75, 3.05) is 20.1 Å². The Morgan fingerprint density at radius 3 is 2.64 bits per heavy atom. The third kappa shape index (κ3) is 3.58. The summed E-state index contributed by atoms with van der Waals surface area (Å²) < 4.78 is 0. The average Bonchev–Trinajstić information content (AvgIpc) is 2.45. The lowest BCUT2D eigenvalue weighted by Gasteiger charge is -2.21. The third-order valence-electron chi connectivity index (χ3n) is 3.49. The molecule has 14 heavy (non-hydrogen) atoms. The van der Waals surface area contributed by atoms with Gasteiger partial charge in [0.25, 0.3) is 0 Å². The smallest absolute Gasteiger partial charge is 0.00700 e. The number of nitrogens with one attached hydrogen (secondary N) is 1. The van der Waals surface area contributed by atoms with E-state index in [0.717, 1.165) is 12.0 Å². The van der Waals surface area contributed by atoms with Gasteiger partial charge in [0.1, 0.15) is 0 Å². The highest BCUT2D eigenvalue weighted by Gasteiger charge is 2.25. The molecular formula is C12H26N2. The number of rotatable bonds is 5. The summed E-state index contributed by atoms with van der Waals surface area (Å²) in [5, 5.41) is 3.29. The monoisotopic (exact) mass is 198 g/mol. The molecule has 0 bridgehead atoms. The van der Waals surface area contributed by atoms with E-state index in [1.807, 2.05) is 7.05 Å². The maximum absolute atomic E-state index is 3.29. The van der Waals surface area contributed by atoms with E-state index in [4.69, 9.17) is 0 Å². The maximum Gasteiger partial charge on any atom is 0.00700 e. The fourth-order valence-electron chi connectivity index (χ4n) is 2.44. The fourth-order valence-corrected chi connectivity index (χ4v) is 2.44. The molecule has 0 aromatic rings. The largest absolute Gasteiger partial charge is 0.317 e. The first-order valence-electron chi connectivity index (χ1n) is 6.04. The van der Waals surface area contributed by atoms with Crippen molar-refractivity contribution < 1.29 is 0 Å². The quantitative estimate of drug-likeness (QED) is 0.728. The van der Waals surface area contributed by atoms with Crippen LogP contribution >= 0.6 is 0 Å². The van der Waals surface area contributed by atoms with Gasteiger partial charge in [0.15, 0.2) is 0 Å². The minimum atomic E-state index is 0.672. The van der Waals surface area contributed by atoms with Crippen molar-refractivity contribution >= 4 is 0 Å². The average molecular weight is 198 g/mol. The van der Waals surface area contributed by atoms with Crippen molar-refractivity contribution in [2.45, 2.75) is 52.1 Å². The predicted molar refractivity (Wildman–Crippen MR) is 62.6 cm³/mol. The number of likely N-dealkylation sites (tertiary alicyclic amines) is 1. The minimum absolute atomic E-state index is 0.672. The fraction of sp³-hybridized carbons (Fsp3) is 1.00. The summed E-state index contributed by atoms with van der Waals surface area (Å²) in [6.45, 7) is 9.60. The van der Waals surface area contributed by atoms with Crippen molar-refractivity contribution in [1.82, 2.24) is 10.2 Å². The first kappa shape index (κ1) is 12.0. The van der Waals surface area contributed by atoms with Crippen molar-refractivity contribution in [2.24, 2.45) is 5.92 Å². The Morgan fingerprint density at radius 1 is 1.43 bits per heavy atom. The summed E-state index contributed by atoms with van der Waals surface area (Å²) in [7, 11) is 2.05. The van der Waals surface area contributed by atoms with Crippen LogP contribution in [0.1, 0.15) is 40.0 Å². The number of nitrogens with zero attached hydrogens (tertiary/aromatic N) is 1. The molecule has 0 amide bonds. The van der Waals surface area contributed by atoms with Crippen LogP contribution < -0.4 is 5.32 Å². The van der Waals surface area contributed by atoms with Crippen LogP contribution in [0.4, 0.5) is 0 Å². The summed E-state index contributed by atoms with van der Waals surface area (Å²) in [4.78, 5) is 2.65. The topological polar surface area (TPSA) is 15.3 Å².